The molecule has 1 aliphatic rings. The van der Waals surface area contributed by atoms with E-state index in [1.165, 1.54) is 10.8 Å². The van der Waals surface area contributed by atoms with Crippen molar-refractivity contribution in [3.63, 3.8) is 0 Å². The Balaban J connectivity index is 1.83. The highest BCUT2D eigenvalue weighted by Gasteiger charge is 2.25. The summed E-state index contributed by atoms with van der Waals surface area (Å²) in [6, 6.07) is 6.94. The van der Waals surface area contributed by atoms with Crippen LogP contribution in [0.25, 0.3) is 0 Å². The van der Waals surface area contributed by atoms with E-state index < -0.39 is 24.5 Å². The van der Waals surface area contributed by atoms with E-state index in [9.17, 15) is 14.4 Å². The molecule has 1 heterocycles. The van der Waals surface area contributed by atoms with Crippen LogP contribution < -0.4 is 11.1 Å². The van der Waals surface area contributed by atoms with Crippen LogP contribution in [0, 0.1) is 0 Å². The third-order valence-corrected chi connectivity index (χ3v) is 7.63. The third-order valence-electron chi connectivity index (χ3n) is 4.34. The van der Waals surface area contributed by atoms with Gasteiger partial charge in [-0.25, -0.2) is 0 Å². The molecule has 29 heavy (non-hydrogen) atoms. The number of allylic oxidation sites excluding steroid dienone is 1. The summed E-state index contributed by atoms with van der Waals surface area (Å²) in [7, 11) is 3.04. The van der Waals surface area contributed by atoms with Gasteiger partial charge in [-0.2, -0.15) is 0 Å². The van der Waals surface area contributed by atoms with Crippen molar-refractivity contribution in [2.24, 2.45) is 5.73 Å². The number of nitrogens with two attached hydrogens (primary N) is 1. The van der Waals surface area contributed by atoms with Gasteiger partial charge in [-0.3, -0.25) is 19.3 Å². The summed E-state index contributed by atoms with van der Waals surface area (Å²) in [6.45, 7) is 1.81. The van der Waals surface area contributed by atoms with Gasteiger partial charge in [0, 0.05) is 35.7 Å². The summed E-state index contributed by atoms with van der Waals surface area (Å²) in [5.41, 5.74) is 7.89. The van der Waals surface area contributed by atoms with Gasteiger partial charge in [0.15, 0.2) is 0 Å². The normalized spacial score (nSPS) is 19.7. The number of nitrogens with one attached hydrogen (secondary N) is 1. The minimum absolute atomic E-state index is 0.155. The molecule has 1 aromatic rings. The number of hydrogen-bond acceptors (Lipinski definition) is 7. The molecule has 2 rings (SSSR count). The number of carbonyl (C=O) groups excluding carboxylic acids is 2. The lowest BCUT2D eigenvalue weighted by Gasteiger charge is -2.34. The van der Waals surface area contributed by atoms with Gasteiger partial charge >= 0.3 is 5.97 Å². The van der Waals surface area contributed by atoms with E-state index in [0.717, 1.165) is 42.0 Å². The maximum absolute atomic E-state index is 11.7. The van der Waals surface area contributed by atoms with Gasteiger partial charge in [0.25, 0.3) is 0 Å². The van der Waals surface area contributed by atoms with Crippen LogP contribution >= 0.6 is 33.2 Å². The molecule has 4 N–H and O–H groups in total. The number of carbonyl (C=O) groups is 3. The molecule has 7 nitrogen and oxygen atoms in total. The van der Waals surface area contributed by atoms with Crippen molar-refractivity contribution in [3.05, 3.63) is 46.5 Å². The van der Waals surface area contributed by atoms with Crippen molar-refractivity contribution < 1.29 is 19.5 Å². The number of hydrogen-bond donors (Lipinski definition) is 3. The van der Waals surface area contributed by atoms with Crippen LogP contribution in [0.15, 0.2) is 35.9 Å². The fourth-order valence-corrected chi connectivity index (χ4v) is 5.89. The summed E-state index contributed by atoms with van der Waals surface area (Å²) in [4.78, 5) is 35.6. The zero-order valence-electron chi connectivity index (χ0n) is 15.8. The Bertz CT molecular complexity index is 763. The van der Waals surface area contributed by atoms with Crippen molar-refractivity contribution in [2.45, 2.75) is 24.3 Å². The summed E-state index contributed by atoms with van der Waals surface area (Å²) in [5, 5.41) is 11.7. The predicted octanol–water partition coefficient (Wildman–Crippen LogP) is 1.95. The van der Waals surface area contributed by atoms with Crippen LogP contribution in [0.5, 0.6) is 0 Å². The first-order valence-electron chi connectivity index (χ1n) is 9.04. The summed E-state index contributed by atoms with van der Waals surface area (Å²) in [6.07, 6.45) is 3.27. The van der Waals surface area contributed by atoms with E-state index in [1.807, 2.05) is 24.3 Å². The van der Waals surface area contributed by atoms with E-state index in [2.05, 4.69) is 10.2 Å². The average molecular weight is 458 g/mol. The molecule has 1 saturated heterocycles. The highest BCUT2D eigenvalue weighted by atomic mass is 35.5. The van der Waals surface area contributed by atoms with Crippen LogP contribution in [0.3, 0.4) is 0 Å². The summed E-state index contributed by atoms with van der Waals surface area (Å²) >= 11 is 6.25. The average Bonchev–Trinajstić information content (AvgIpc) is 2.69. The maximum Gasteiger partial charge on any atom is 0.322 e. The Kier molecular flexibility index (Phi) is 10.0. The molecule has 1 aliphatic heterocycles. The summed E-state index contributed by atoms with van der Waals surface area (Å²) in [5.74, 6) is -1.25. The predicted molar refractivity (Wildman–Crippen MR) is 118 cm³/mol. The molecule has 0 aliphatic carbocycles. The largest absolute Gasteiger partial charge is 0.480 e. The van der Waals surface area contributed by atoms with Crippen LogP contribution in [0.2, 0.25) is 5.02 Å². The first-order valence-corrected chi connectivity index (χ1v) is 11.8. The minimum Gasteiger partial charge on any atom is -0.480 e. The van der Waals surface area contributed by atoms with Gasteiger partial charge in [0.05, 0.1) is 6.04 Å². The second-order valence-corrected chi connectivity index (χ2v) is 9.58. The first-order chi connectivity index (χ1) is 13.9. The van der Waals surface area contributed by atoms with Gasteiger partial charge in [0.1, 0.15) is 12.8 Å². The number of likely N-dealkylation sites (tertiary alicyclic amines) is 1. The van der Waals surface area contributed by atoms with Gasteiger partial charge in [-0.05, 0) is 29.7 Å². The highest BCUT2D eigenvalue weighted by molar-refractivity contribution is 8.77. The van der Waals surface area contributed by atoms with E-state index in [-0.39, 0.29) is 5.25 Å². The molecule has 1 amide bonds. The molecule has 0 saturated carbocycles. The molecule has 0 radical (unpaired) electrons. The smallest absolute Gasteiger partial charge is 0.322 e. The molecule has 2 unspecified atom stereocenters. The fourth-order valence-electron chi connectivity index (χ4n) is 2.85. The lowest BCUT2D eigenvalue weighted by molar-refractivity contribution is -0.138. The number of rotatable bonds is 10. The number of aliphatic carboxylic acids is 1. The monoisotopic (exact) mass is 457 g/mol. The van der Waals surface area contributed by atoms with Gasteiger partial charge < -0.3 is 16.2 Å². The zero-order chi connectivity index (χ0) is 21.2. The van der Waals surface area contributed by atoms with E-state index in [1.54, 1.807) is 16.9 Å². The topological polar surface area (TPSA) is 113 Å². The number of piperidine rings is 1. The number of carboxylic acids is 1. The second kappa shape index (κ2) is 12.2. The SMILES string of the molecule is NC(CSSC1CCN(Cc2ccccc2Cl)C/C1=C/C=O)C(=O)NCC(=O)O. The lowest BCUT2D eigenvalue weighted by Crippen LogP contribution is -2.44. The molecule has 0 aromatic heterocycles. The number of nitrogens with zero attached hydrogens (tertiary/aromatic N) is 1. The minimum atomic E-state index is -1.11. The van der Waals surface area contributed by atoms with E-state index >= 15 is 0 Å². The molecule has 0 bridgehead atoms. The van der Waals surface area contributed by atoms with Crippen molar-refractivity contribution >= 4 is 51.4 Å². The van der Waals surface area contributed by atoms with Crippen LogP contribution in [0.1, 0.15) is 12.0 Å². The van der Waals surface area contributed by atoms with Crippen molar-refractivity contribution in [2.75, 3.05) is 25.4 Å². The third kappa shape index (κ3) is 8.02. The Morgan fingerprint density at radius 1 is 1.41 bits per heavy atom. The Hall–Kier alpha value is -1.52. The molecular weight excluding hydrogens is 434 g/mol. The summed E-state index contributed by atoms with van der Waals surface area (Å²) < 4.78 is 0. The molecule has 0 spiro atoms. The van der Waals surface area contributed by atoms with Crippen LogP contribution in [0.4, 0.5) is 0 Å². The van der Waals surface area contributed by atoms with Gasteiger partial charge in [0.2, 0.25) is 5.91 Å². The Morgan fingerprint density at radius 3 is 2.86 bits per heavy atom. The van der Waals surface area contributed by atoms with Gasteiger partial charge in [-0.15, -0.1) is 0 Å². The van der Waals surface area contributed by atoms with Crippen LogP contribution in [-0.2, 0) is 20.9 Å². The van der Waals surface area contributed by atoms with Crippen molar-refractivity contribution in [3.8, 4) is 0 Å². The Morgan fingerprint density at radius 2 is 2.17 bits per heavy atom. The van der Waals surface area contributed by atoms with Crippen LogP contribution in [-0.4, -0.2) is 64.8 Å². The highest BCUT2D eigenvalue weighted by Crippen LogP contribution is 2.36. The number of amides is 1. The quantitative estimate of drug-likeness (QED) is 0.277. The molecular formula is C19H24ClN3O4S2. The lowest BCUT2D eigenvalue weighted by atomic mass is 10.0. The molecule has 1 fully saturated rings. The van der Waals surface area contributed by atoms with E-state index in [4.69, 9.17) is 22.4 Å². The fraction of sp³-hybridized carbons (Fsp3) is 0.421. The molecule has 2 atom stereocenters. The molecule has 10 heteroatoms. The van der Waals surface area contributed by atoms with Crippen molar-refractivity contribution in [1.82, 2.24) is 10.2 Å². The Labute approximate surface area is 182 Å². The number of aldehydes is 1. The zero-order valence-corrected chi connectivity index (χ0v) is 18.1. The standard InChI is InChI=1S/C19H24ClN3O4S2/c20-15-4-2-1-3-13(15)10-23-7-5-17(14(11-23)6-8-24)29-28-12-16(21)19(27)22-9-18(25)26/h1-4,6,8,16-17H,5,7,9-12,21H2,(H,22,27)(H,25,26)/b14-6-. The molecule has 1 aromatic carbocycles. The second-order valence-electron chi connectivity index (χ2n) is 6.56. The molecule has 158 valence electrons. The number of benzene rings is 1. The maximum atomic E-state index is 11.7. The first kappa shape index (κ1) is 23.8. The van der Waals surface area contributed by atoms with Crippen molar-refractivity contribution in [1.29, 1.82) is 0 Å². The number of carboxylic acid groups (broad SMARTS) is 1. The van der Waals surface area contributed by atoms with Gasteiger partial charge in [-0.1, -0.05) is 51.4 Å². The van der Waals surface area contributed by atoms with E-state index in [0.29, 0.717) is 12.3 Å². The number of halogens is 1.